The van der Waals surface area contributed by atoms with Gasteiger partial charge in [-0.05, 0) is 19.9 Å². The molecule has 2 N–H and O–H groups in total. The summed E-state index contributed by atoms with van der Waals surface area (Å²) in [4.78, 5) is 4.25. The van der Waals surface area contributed by atoms with Crippen molar-refractivity contribution in [2.45, 2.75) is 19.8 Å². The molecule has 0 radical (unpaired) electrons. The molecule has 0 saturated carbocycles. The highest BCUT2D eigenvalue weighted by atomic mass is 15.0. The SMILES string of the molecule is CC(=CCCN)Cc1nccn1C. The summed E-state index contributed by atoms with van der Waals surface area (Å²) in [7, 11) is 2.01. The number of imidazole rings is 1. The number of allylic oxidation sites excluding steroid dienone is 1. The van der Waals surface area contributed by atoms with Crippen molar-refractivity contribution in [3.63, 3.8) is 0 Å². The van der Waals surface area contributed by atoms with Crippen LogP contribution in [-0.2, 0) is 13.5 Å². The summed E-state index contributed by atoms with van der Waals surface area (Å²) in [5.41, 5.74) is 6.75. The number of hydrogen-bond acceptors (Lipinski definition) is 2. The molecule has 3 heteroatoms. The Morgan fingerprint density at radius 2 is 2.46 bits per heavy atom. The molecule has 0 fully saturated rings. The van der Waals surface area contributed by atoms with Crippen molar-refractivity contribution in [1.82, 2.24) is 9.55 Å². The number of rotatable bonds is 4. The highest BCUT2D eigenvalue weighted by molar-refractivity contribution is 5.08. The summed E-state index contributed by atoms with van der Waals surface area (Å²) < 4.78 is 2.04. The zero-order valence-electron chi connectivity index (χ0n) is 8.33. The van der Waals surface area contributed by atoms with Gasteiger partial charge in [0.05, 0.1) is 0 Å². The van der Waals surface area contributed by atoms with E-state index >= 15 is 0 Å². The van der Waals surface area contributed by atoms with Crippen molar-refractivity contribution in [2.75, 3.05) is 6.54 Å². The second kappa shape index (κ2) is 4.82. The highest BCUT2D eigenvalue weighted by Gasteiger charge is 1.98. The minimum atomic E-state index is 0.720. The first kappa shape index (κ1) is 9.99. The van der Waals surface area contributed by atoms with Gasteiger partial charge in [0.15, 0.2) is 0 Å². The van der Waals surface area contributed by atoms with Gasteiger partial charge in [-0.15, -0.1) is 0 Å². The lowest BCUT2D eigenvalue weighted by molar-refractivity contribution is 0.812. The molecule has 0 aromatic carbocycles. The van der Waals surface area contributed by atoms with Crippen LogP contribution in [0.15, 0.2) is 24.0 Å². The molecule has 0 amide bonds. The van der Waals surface area contributed by atoms with Crippen LogP contribution in [0.1, 0.15) is 19.2 Å². The molecule has 0 atom stereocenters. The van der Waals surface area contributed by atoms with Gasteiger partial charge in [-0.1, -0.05) is 11.6 Å². The van der Waals surface area contributed by atoms with Gasteiger partial charge in [-0.2, -0.15) is 0 Å². The van der Waals surface area contributed by atoms with Crippen molar-refractivity contribution < 1.29 is 0 Å². The van der Waals surface area contributed by atoms with Crippen LogP contribution in [-0.4, -0.2) is 16.1 Å². The van der Waals surface area contributed by atoms with E-state index in [-0.39, 0.29) is 0 Å². The maximum Gasteiger partial charge on any atom is 0.112 e. The van der Waals surface area contributed by atoms with Gasteiger partial charge in [0.25, 0.3) is 0 Å². The van der Waals surface area contributed by atoms with Gasteiger partial charge in [-0.25, -0.2) is 4.98 Å². The monoisotopic (exact) mass is 179 g/mol. The molecule has 0 aliphatic rings. The number of aryl methyl sites for hydroxylation is 1. The van der Waals surface area contributed by atoms with Crippen LogP contribution in [0.2, 0.25) is 0 Å². The van der Waals surface area contributed by atoms with Crippen LogP contribution in [0.4, 0.5) is 0 Å². The van der Waals surface area contributed by atoms with Crippen LogP contribution < -0.4 is 5.73 Å². The molecule has 0 spiro atoms. The Bertz CT molecular complexity index is 286. The molecule has 72 valence electrons. The summed E-state index contributed by atoms with van der Waals surface area (Å²) in [6.45, 7) is 2.84. The Balaban J connectivity index is 2.54. The molecule has 1 heterocycles. The van der Waals surface area contributed by atoms with Crippen LogP contribution in [0.25, 0.3) is 0 Å². The van der Waals surface area contributed by atoms with E-state index in [9.17, 15) is 0 Å². The minimum Gasteiger partial charge on any atom is -0.338 e. The summed E-state index contributed by atoms with van der Waals surface area (Å²) >= 11 is 0. The molecule has 0 unspecified atom stereocenters. The Morgan fingerprint density at radius 1 is 1.69 bits per heavy atom. The van der Waals surface area contributed by atoms with Gasteiger partial charge in [0.2, 0.25) is 0 Å². The van der Waals surface area contributed by atoms with E-state index in [0.717, 1.165) is 25.2 Å². The van der Waals surface area contributed by atoms with E-state index in [1.807, 2.05) is 24.0 Å². The lowest BCUT2D eigenvalue weighted by Crippen LogP contribution is -2.00. The second-order valence-corrected chi connectivity index (χ2v) is 3.26. The van der Waals surface area contributed by atoms with E-state index in [1.165, 1.54) is 5.57 Å². The first-order chi connectivity index (χ1) is 6.24. The van der Waals surface area contributed by atoms with Gasteiger partial charge >= 0.3 is 0 Å². The fraction of sp³-hybridized carbons (Fsp3) is 0.500. The van der Waals surface area contributed by atoms with Gasteiger partial charge in [0.1, 0.15) is 5.82 Å². The van der Waals surface area contributed by atoms with Crippen molar-refractivity contribution in [2.24, 2.45) is 12.8 Å². The Labute approximate surface area is 79.3 Å². The maximum atomic E-state index is 5.41. The lowest BCUT2D eigenvalue weighted by Gasteiger charge is -2.01. The first-order valence-corrected chi connectivity index (χ1v) is 4.56. The molecule has 1 aromatic heterocycles. The number of hydrogen-bond donors (Lipinski definition) is 1. The van der Waals surface area contributed by atoms with Crippen molar-refractivity contribution in [3.05, 3.63) is 29.9 Å². The van der Waals surface area contributed by atoms with E-state index in [2.05, 4.69) is 18.0 Å². The first-order valence-electron chi connectivity index (χ1n) is 4.56. The molecule has 1 aromatic rings. The predicted molar refractivity (Wildman–Crippen MR) is 54.3 cm³/mol. The van der Waals surface area contributed by atoms with Crippen LogP contribution >= 0.6 is 0 Å². The van der Waals surface area contributed by atoms with Crippen LogP contribution in [0.3, 0.4) is 0 Å². The third-order valence-electron chi connectivity index (χ3n) is 2.02. The Morgan fingerprint density at radius 3 is 3.00 bits per heavy atom. The molecule has 0 aliphatic heterocycles. The zero-order chi connectivity index (χ0) is 9.68. The standard InChI is InChI=1S/C10H17N3/c1-9(4-3-5-11)8-10-12-6-7-13(10)2/h4,6-7H,3,5,8,11H2,1-2H3. The minimum absolute atomic E-state index is 0.720. The van der Waals surface area contributed by atoms with Gasteiger partial charge in [-0.3, -0.25) is 0 Å². The third kappa shape index (κ3) is 3.03. The number of nitrogens with zero attached hydrogens (tertiary/aromatic N) is 2. The summed E-state index contributed by atoms with van der Waals surface area (Å²) in [5, 5.41) is 0. The molecular formula is C10H17N3. The normalized spacial score (nSPS) is 12.1. The second-order valence-electron chi connectivity index (χ2n) is 3.26. The quantitative estimate of drug-likeness (QED) is 0.707. The largest absolute Gasteiger partial charge is 0.338 e. The maximum absolute atomic E-state index is 5.41. The molecular weight excluding hydrogens is 162 g/mol. The average molecular weight is 179 g/mol. The summed E-state index contributed by atoms with van der Waals surface area (Å²) in [6, 6.07) is 0. The van der Waals surface area contributed by atoms with E-state index < -0.39 is 0 Å². The fourth-order valence-electron chi connectivity index (χ4n) is 1.22. The molecule has 1 rings (SSSR count). The Hall–Kier alpha value is -1.09. The van der Waals surface area contributed by atoms with Gasteiger partial charge in [0, 0.05) is 25.9 Å². The topological polar surface area (TPSA) is 43.8 Å². The molecule has 0 bridgehead atoms. The molecule has 3 nitrogen and oxygen atoms in total. The zero-order valence-corrected chi connectivity index (χ0v) is 8.33. The van der Waals surface area contributed by atoms with Crippen molar-refractivity contribution in [3.8, 4) is 0 Å². The Kier molecular flexibility index (Phi) is 3.71. The van der Waals surface area contributed by atoms with Crippen molar-refractivity contribution >= 4 is 0 Å². The van der Waals surface area contributed by atoms with Crippen LogP contribution in [0.5, 0.6) is 0 Å². The average Bonchev–Trinajstić information content (AvgIpc) is 2.48. The fourth-order valence-corrected chi connectivity index (χ4v) is 1.22. The summed E-state index contributed by atoms with van der Waals surface area (Å²) in [6.07, 6.45) is 7.84. The highest BCUT2D eigenvalue weighted by Crippen LogP contribution is 2.04. The number of aromatic nitrogens is 2. The van der Waals surface area contributed by atoms with E-state index in [4.69, 9.17) is 5.73 Å². The molecule has 13 heavy (non-hydrogen) atoms. The summed E-state index contributed by atoms with van der Waals surface area (Å²) in [5.74, 6) is 1.10. The van der Waals surface area contributed by atoms with E-state index in [0.29, 0.717) is 0 Å². The lowest BCUT2D eigenvalue weighted by atomic mass is 10.2. The van der Waals surface area contributed by atoms with E-state index in [1.54, 1.807) is 0 Å². The smallest absolute Gasteiger partial charge is 0.112 e. The number of nitrogens with two attached hydrogens (primary N) is 1. The third-order valence-corrected chi connectivity index (χ3v) is 2.02. The molecule has 0 saturated heterocycles. The van der Waals surface area contributed by atoms with Gasteiger partial charge < -0.3 is 10.3 Å². The van der Waals surface area contributed by atoms with Crippen LogP contribution in [0, 0.1) is 0 Å². The van der Waals surface area contributed by atoms with Crippen molar-refractivity contribution in [1.29, 1.82) is 0 Å². The predicted octanol–water partition coefficient (Wildman–Crippen LogP) is 1.26. The molecule has 0 aliphatic carbocycles.